The van der Waals surface area contributed by atoms with Crippen molar-refractivity contribution in [1.82, 2.24) is 15.3 Å². The van der Waals surface area contributed by atoms with Gasteiger partial charge in [-0.2, -0.15) is 5.06 Å². The summed E-state index contributed by atoms with van der Waals surface area (Å²) in [7, 11) is 0. The van der Waals surface area contributed by atoms with Crippen LogP contribution in [0.25, 0.3) is 0 Å². The number of amides is 3. The topological polar surface area (TPSA) is 88.2 Å². The Morgan fingerprint density at radius 1 is 1.03 bits per heavy atom. The highest BCUT2D eigenvalue weighted by Gasteiger charge is 2.48. The third kappa shape index (κ3) is 5.39. The number of hydrogen-bond acceptors (Lipinski definition) is 5. The normalized spacial score (nSPS) is 20.7. The maximum absolute atomic E-state index is 13.3. The Kier molecular flexibility index (Phi) is 6.88. The van der Waals surface area contributed by atoms with Crippen molar-refractivity contribution < 1.29 is 24.0 Å². The van der Waals surface area contributed by atoms with Gasteiger partial charge in [0.15, 0.2) is 6.04 Å². The summed E-state index contributed by atoms with van der Waals surface area (Å²) < 4.78 is 5.55. The molecule has 2 bridgehead atoms. The number of fused-ring (bicyclic) bond motifs is 2. The van der Waals surface area contributed by atoms with E-state index >= 15 is 0 Å². The summed E-state index contributed by atoms with van der Waals surface area (Å²) in [5, 5.41) is 4.23. The minimum atomic E-state index is -0.964. The van der Waals surface area contributed by atoms with Crippen LogP contribution in [0.1, 0.15) is 50.8 Å². The second kappa shape index (κ2) is 9.85. The second-order valence-electron chi connectivity index (χ2n) is 9.65. The van der Waals surface area contributed by atoms with Crippen molar-refractivity contribution >= 4 is 17.9 Å². The molecular weight excluding hydrogens is 434 g/mol. The molecule has 3 atom stereocenters. The van der Waals surface area contributed by atoms with E-state index in [1.165, 1.54) is 9.96 Å². The van der Waals surface area contributed by atoms with E-state index in [4.69, 9.17) is 9.57 Å². The van der Waals surface area contributed by atoms with E-state index < -0.39 is 23.7 Å². The summed E-state index contributed by atoms with van der Waals surface area (Å²) in [5.74, 6) is -0.919. The Morgan fingerprint density at radius 2 is 1.68 bits per heavy atom. The van der Waals surface area contributed by atoms with Gasteiger partial charge in [-0.3, -0.25) is 9.63 Å². The van der Waals surface area contributed by atoms with Gasteiger partial charge in [0.25, 0.3) is 0 Å². The number of nitrogens with one attached hydrogen (secondary N) is 1. The van der Waals surface area contributed by atoms with Crippen LogP contribution in [0.15, 0.2) is 60.7 Å². The Bertz CT molecular complexity index is 1020. The summed E-state index contributed by atoms with van der Waals surface area (Å²) in [5.41, 5.74) is 0.887. The van der Waals surface area contributed by atoms with E-state index in [0.29, 0.717) is 24.9 Å². The Balaban J connectivity index is 1.45. The zero-order valence-electron chi connectivity index (χ0n) is 19.8. The molecule has 2 aliphatic heterocycles. The molecule has 0 spiro atoms. The highest BCUT2D eigenvalue weighted by atomic mass is 16.7. The Labute approximate surface area is 199 Å². The van der Waals surface area contributed by atoms with Crippen LogP contribution >= 0.6 is 0 Å². The molecule has 8 nitrogen and oxygen atoms in total. The molecule has 0 aliphatic carbocycles. The molecule has 8 heteroatoms. The summed E-state index contributed by atoms with van der Waals surface area (Å²) in [4.78, 5) is 46.6. The first-order chi connectivity index (χ1) is 16.2. The summed E-state index contributed by atoms with van der Waals surface area (Å²) in [6.07, 6.45) is 1.13. The average Bonchev–Trinajstić information content (AvgIpc) is 3.05. The molecule has 180 valence electrons. The van der Waals surface area contributed by atoms with Crippen molar-refractivity contribution in [2.24, 2.45) is 0 Å². The number of piperidine rings is 1. The van der Waals surface area contributed by atoms with E-state index in [1.807, 2.05) is 36.4 Å². The molecule has 2 saturated heterocycles. The number of rotatable bonds is 7. The van der Waals surface area contributed by atoms with Gasteiger partial charge in [-0.05, 0) is 44.7 Å². The van der Waals surface area contributed by atoms with Crippen LogP contribution in [-0.4, -0.2) is 52.1 Å². The quantitative estimate of drug-likeness (QED) is 0.632. The SMILES string of the molecule is CC(C)(C)OC(=O)[C@H](NC(=O)[C@@H]1CCC2CN1C(=O)N2OCc1ccccc1)c1ccccc1. The molecule has 2 aliphatic rings. The number of hydroxylamine groups is 2. The van der Waals surface area contributed by atoms with Crippen LogP contribution in [0.3, 0.4) is 0 Å². The number of hydrogen-bond donors (Lipinski definition) is 1. The number of carbonyl (C=O) groups is 3. The molecule has 0 radical (unpaired) electrons. The molecule has 2 fully saturated rings. The molecule has 0 saturated carbocycles. The minimum Gasteiger partial charge on any atom is -0.458 e. The number of nitrogens with zero attached hydrogens (tertiary/aromatic N) is 2. The van der Waals surface area contributed by atoms with Crippen molar-refractivity contribution in [3.63, 3.8) is 0 Å². The second-order valence-corrected chi connectivity index (χ2v) is 9.65. The maximum Gasteiger partial charge on any atom is 0.345 e. The lowest BCUT2D eigenvalue weighted by atomic mass is 9.99. The molecule has 34 heavy (non-hydrogen) atoms. The highest BCUT2D eigenvalue weighted by Crippen LogP contribution is 2.31. The van der Waals surface area contributed by atoms with Crippen LogP contribution in [0.2, 0.25) is 0 Å². The van der Waals surface area contributed by atoms with Gasteiger partial charge in [0, 0.05) is 6.54 Å². The van der Waals surface area contributed by atoms with Crippen molar-refractivity contribution in [3.05, 3.63) is 71.8 Å². The van der Waals surface area contributed by atoms with Gasteiger partial charge in [-0.15, -0.1) is 0 Å². The van der Waals surface area contributed by atoms with Crippen LogP contribution in [0, 0.1) is 0 Å². The van der Waals surface area contributed by atoms with Crippen LogP contribution in [0.5, 0.6) is 0 Å². The van der Waals surface area contributed by atoms with Crippen LogP contribution in [-0.2, 0) is 25.8 Å². The average molecular weight is 466 g/mol. The van der Waals surface area contributed by atoms with E-state index in [2.05, 4.69) is 5.32 Å². The summed E-state index contributed by atoms with van der Waals surface area (Å²) in [6, 6.07) is 16.5. The van der Waals surface area contributed by atoms with Gasteiger partial charge < -0.3 is 15.0 Å². The first kappa shape index (κ1) is 23.8. The molecular formula is C26H31N3O5. The summed E-state index contributed by atoms with van der Waals surface area (Å²) >= 11 is 0. The highest BCUT2D eigenvalue weighted by molar-refractivity contribution is 5.91. The molecule has 2 heterocycles. The Morgan fingerprint density at radius 3 is 2.32 bits per heavy atom. The molecule has 3 amide bonds. The lowest BCUT2D eigenvalue weighted by Gasteiger charge is -2.31. The lowest BCUT2D eigenvalue weighted by molar-refractivity contribution is -0.159. The number of urea groups is 1. The molecule has 4 rings (SSSR count). The first-order valence-electron chi connectivity index (χ1n) is 11.6. The zero-order chi connectivity index (χ0) is 24.3. The van der Waals surface area contributed by atoms with E-state index in [1.54, 1.807) is 45.0 Å². The number of benzene rings is 2. The van der Waals surface area contributed by atoms with Crippen molar-refractivity contribution in [1.29, 1.82) is 0 Å². The van der Waals surface area contributed by atoms with Gasteiger partial charge in [0.05, 0.1) is 6.04 Å². The van der Waals surface area contributed by atoms with Crippen molar-refractivity contribution in [3.8, 4) is 0 Å². The van der Waals surface area contributed by atoms with Crippen molar-refractivity contribution in [2.75, 3.05) is 6.54 Å². The fourth-order valence-corrected chi connectivity index (χ4v) is 4.31. The molecule has 1 N–H and O–H groups in total. The van der Waals surface area contributed by atoms with E-state index in [0.717, 1.165) is 5.56 Å². The number of ether oxygens (including phenoxy) is 1. The number of esters is 1. The third-order valence-electron chi connectivity index (χ3n) is 5.90. The Hall–Kier alpha value is -3.39. The first-order valence-corrected chi connectivity index (χ1v) is 11.6. The fourth-order valence-electron chi connectivity index (χ4n) is 4.31. The van der Waals surface area contributed by atoms with Crippen LogP contribution < -0.4 is 5.32 Å². The lowest BCUT2D eigenvalue weighted by Crippen LogP contribution is -2.51. The maximum atomic E-state index is 13.3. The fraction of sp³-hybridized carbons (Fsp3) is 0.423. The van der Waals surface area contributed by atoms with E-state index in [-0.39, 0.29) is 24.6 Å². The summed E-state index contributed by atoms with van der Waals surface area (Å²) in [6.45, 7) is 6.03. The predicted molar refractivity (Wildman–Crippen MR) is 125 cm³/mol. The van der Waals surface area contributed by atoms with Gasteiger partial charge >= 0.3 is 12.0 Å². The molecule has 2 aromatic carbocycles. The third-order valence-corrected chi connectivity index (χ3v) is 5.90. The van der Waals surface area contributed by atoms with Gasteiger partial charge in [-0.1, -0.05) is 60.7 Å². The number of carbonyl (C=O) groups excluding carboxylic acids is 3. The molecule has 1 unspecified atom stereocenters. The standard InChI is InChI=1S/C26H31N3O5/c1-26(2,3)34-24(31)22(19-12-8-5-9-13-19)27-23(30)21-15-14-20-16-28(21)25(32)29(20)33-17-18-10-6-4-7-11-18/h4-13,20-22H,14-17H2,1-3H3,(H,27,30)/t20?,21-,22+/m0/s1. The molecule has 0 aromatic heterocycles. The molecule has 2 aromatic rings. The van der Waals surface area contributed by atoms with Gasteiger partial charge in [-0.25, -0.2) is 9.59 Å². The van der Waals surface area contributed by atoms with Crippen LogP contribution in [0.4, 0.5) is 4.79 Å². The zero-order valence-corrected chi connectivity index (χ0v) is 19.8. The predicted octanol–water partition coefficient (Wildman–Crippen LogP) is 3.59. The monoisotopic (exact) mass is 465 g/mol. The van der Waals surface area contributed by atoms with Gasteiger partial charge in [0.2, 0.25) is 5.91 Å². The largest absolute Gasteiger partial charge is 0.458 e. The van der Waals surface area contributed by atoms with Crippen molar-refractivity contribution in [2.45, 2.75) is 63.9 Å². The van der Waals surface area contributed by atoms with Gasteiger partial charge in [0.1, 0.15) is 18.2 Å². The smallest absolute Gasteiger partial charge is 0.345 e. The van der Waals surface area contributed by atoms with E-state index in [9.17, 15) is 14.4 Å². The minimum absolute atomic E-state index is 0.101.